The minimum absolute atomic E-state index is 0.264. The summed E-state index contributed by atoms with van der Waals surface area (Å²) in [5, 5.41) is 7.98. The monoisotopic (exact) mass is 273 g/mol. The number of aromatic amines is 1. The molecule has 5 rings (SSSR count). The molecule has 0 radical (unpaired) electrons. The summed E-state index contributed by atoms with van der Waals surface area (Å²) in [7, 11) is 0. The van der Waals surface area contributed by atoms with Gasteiger partial charge in [-0.25, -0.2) is 0 Å². The average Bonchev–Trinajstić information content (AvgIpc) is 2.86. The Hall–Kier alpha value is -0.830. The maximum absolute atomic E-state index is 6.07. The van der Waals surface area contributed by atoms with Gasteiger partial charge in [0.2, 0.25) is 0 Å². The molecule has 0 aliphatic heterocycles. The topological polar surface area (TPSA) is 54.7 Å². The zero-order valence-electron chi connectivity index (χ0n) is 12.6. The molecule has 4 aliphatic rings. The number of nitrogens with two attached hydrogens (primary N) is 1. The van der Waals surface area contributed by atoms with Gasteiger partial charge in [-0.15, -0.1) is 0 Å². The molecule has 3 N–H and O–H groups in total. The van der Waals surface area contributed by atoms with E-state index in [1.54, 1.807) is 0 Å². The van der Waals surface area contributed by atoms with E-state index in [4.69, 9.17) is 10.8 Å². The highest BCUT2D eigenvalue weighted by Gasteiger charge is 2.52. The highest BCUT2D eigenvalue weighted by Crippen LogP contribution is 2.60. The van der Waals surface area contributed by atoms with Crippen molar-refractivity contribution in [2.75, 3.05) is 0 Å². The van der Waals surface area contributed by atoms with E-state index < -0.39 is 0 Å². The number of hydrogen-bond acceptors (Lipinski definition) is 2. The van der Waals surface area contributed by atoms with Crippen LogP contribution in [0.1, 0.15) is 63.3 Å². The third-order valence-electron chi connectivity index (χ3n) is 6.22. The summed E-state index contributed by atoms with van der Waals surface area (Å²) in [5.41, 5.74) is 9.09. The predicted octanol–water partition coefficient (Wildman–Crippen LogP) is 3.16. The zero-order valence-corrected chi connectivity index (χ0v) is 12.6. The van der Waals surface area contributed by atoms with Crippen molar-refractivity contribution < 1.29 is 0 Å². The summed E-state index contributed by atoms with van der Waals surface area (Å²) in [4.78, 5) is 0. The van der Waals surface area contributed by atoms with Gasteiger partial charge in [0.1, 0.15) is 0 Å². The van der Waals surface area contributed by atoms with Gasteiger partial charge in [-0.3, -0.25) is 5.10 Å². The molecule has 1 aromatic heterocycles. The fraction of sp³-hybridized carbons (Fsp3) is 0.824. The van der Waals surface area contributed by atoms with Gasteiger partial charge in [0.05, 0.1) is 5.69 Å². The average molecular weight is 273 g/mol. The predicted molar refractivity (Wildman–Crippen MR) is 80.4 cm³/mol. The van der Waals surface area contributed by atoms with Crippen LogP contribution in [0.5, 0.6) is 0 Å². The van der Waals surface area contributed by atoms with Gasteiger partial charge < -0.3 is 5.73 Å². The normalized spacial score (nSPS) is 40.2. The summed E-state index contributed by atoms with van der Waals surface area (Å²) in [5.74, 6) is 2.96. The first-order valence-electron chi connectivity index (χ1n) is 8.47. The highest BCUT2D eigenvalue weighted by molar-refractivity contribution is 5.24. The van der Waals surface area contributed by atoms with Crippen LogP contribution < -0.4 is 5.73 Å². The number of nitrogens with zero attached hydrogens (tertiary/aromatic N) is 1. The fourth-order valence-electron chi connectivity index (χ4n) is 5.59. The summed E-state index contributed by atoms with van der Waals surface area (Å²) >= 11 is 0. The van der Waals surface area contributed by atoms with E-state index >= 15 is 0 Å². The third-order valence-corrected chi connectivity index (χ3v) is 6.22. The number of hydrogen-bond donors (Lipinski definition) is 2. The van der Waals surface area contributed by atoms with Gasteiger partial charge in [0, 0.05) is 23.6 Å². The Morgan fingerprint density at radius 3 is 2.40 bits per heavy atom. The minimum atomic E-state index is 0.264. The molecule has 4 aliphatic carbocycles. The van der Waals surface area contributed by atoms with Crippen LogP contribution in [0.4, 0.5) is 0 Å². The Morgan fingerprint density at radius 2 is 1.85 bits per heavy atom. The van der Waals surface area contributed by atoms with E-state index in [0.717, 1.165) is 30.6 Å². The third kappa shape index (κ3) is 2.02. The van der Waals surface area contributed by atoms with Gasteiger partial charge in [-0.05, 0) is 68.8 Å². The van der Waals surface area contributed by atoms with Crippen molar-refractivity contribution >= 4 is 0 Å². The lowest BCUT2D eigenvalue weighted by atomic mass is 9.49. The molecule has 3 heteroatoms. The van der Waals surface area contributed by atoms with E-state index in [0.29, 0.717) is 5.41 Å². The molecule has 0 aromatic carbocycles. The van der Waals surface area contributed by atoms with Crippen LogP contribution >= 0.6 is 0 Å². The molecular formula is C17H27N3. The first kappa shape index (κ1) is 12.9. The van der Waals surface area contributed by atoms with Crippen molar-refractivity contribution in [3.8, 4) is 0 Å². The standard InChI is InChI=1S/C17H27N3/c1-2-14(18)6-15-7-16(20-19-15)17-8-11-3-12(9-17)5-13(4-11)10-17/h7,11-14H,2-6,8-10,18H2,1H3,(H,19,20). The smallest absolute Gasteiger partial charge is 0.0686 e. The molecule has 1 unspecified atom stereocenters. The molecule has 0 amide bonds. The second-order valence-corrected chi connectivity index (χ2v) is 7.85. The highest BCUT2D eigenvalue weighted by atomic mass is 15.1. The van der Waals surface area contributed by atoms with Crippen LogP contribution in [0.3, 0.4) is 0 Å². The van der Waals surface area contributed by atoms with Crippen LogP contribution in [-0.4, -0.2) is 16.2 Å². The molecule has 110 valence electrons. The van der Waals surface area contributed by atoms with Crippen molar-refractivity contribution in [3.05, 3.63) is 17.5 Å². The lowest BCUT2D eigenvalue weighted by Crippen LogP contribution is -2.48. The first-order chi connectivity index (χ1) is 9.67. The lowest BCUT2D eigenvalue weighted by molar-refractivity contribution is -0.00722. The number of rotatable bonds is 4. The Balaban J connectivity index is 1.58. The van der Waals surface area contributed by atoms with Crippen LogP contribution in [0.15, 0.2) is 6.07 Å². The molecule has 4 saturated carbocycles. The summed E-state index contributed by atoms with van der Waals surface area (Å²) in [6.07, 6.45) is 10.6. The van der Waals surface area contributed by atoms with Gasteiger partial charge in [-0.2, -0.15) is 5.10 Å². The molecule has 0 saturated heterocycles. The van der Waals surface area contributed by atoms with Crippen molar-refractivity contribution in [3.63, 3.8) is 0 Å². The van der Waals surface area contributed by atoms with Gasteiger partial charge >= 0.3 is 0 Å². The van der Waals surface area contributed by atoms with Crippen LogP contribution in [-0.2, 0) is 11.8 Å². The molecule has 4 bridgehead atoms. The fourth-order valence-corrected chi connectivity index (χ4v) is 5.59. The summed E-state index contributed by atoms with van der Waals surface area (Å²) in [6, 6.07) is 2.60. The van der Waals surface area contributed by atoms with Gasteiger partial charge in [-0.1, -0.05) is 6.92 Å². The molecule has 0 spiro atoms. The molecule has 20 heavy (non-hydrogen) atoms. The van der Waals surface area contributed by atoms with E-state index in [2.05, 4.69) is 18.1 Å². The molecule has 1 heterocycles. The Bertz CT molecular complexity index is 455. The van der Waals surface area contributed by atoms with Crippen molar-refractivity contribution in [2.24, 2.45) is 23.5 Å². The number of nitrogens with one attached hydrogen (secondary N) is 1. The lowest BCUT2D eigenvalue weighted by Gasteiger charge is -2.56. The number of aromatic nitrogens is 2. The van der Waals surface area contributed by atoms with Gasteiger partial charge in [0.15, 0.2) is 0 Å². The van der Waals surface area contributed by atoms with Crippen LogP contribution in [0, 0.1) is 17.8 Å². The first-order valence-corrected chi connectivity index (χ1v) is 8.47. The Labute approximate surface area is 121 Å². The molecule has 1 aromatic rings. The summed E-state index contributed by atoms with van der Waals surface area (Å²) in [6.45, 7) is 2.15. The Kier molecular flexibility index (Phi) is 2.95. The number of H-pyrrole nitrogens is 1. The van der Waals surface area contributed by atoms with E-state index in [9.17, 15) is 0 Å². The van der Waals surface area contributed by atoms with Crippen LogP contribution in [0.2, 0.25) is 0 Å². The van der Waals surface area contributed by atoms with E-state index in [1.807, 2.05) is 0 Å². The molecular weight excluding hydrogens is 246 g/mol. The quantitative estimate of drug-likeness (QED) is 0.885. The van der Waals surface area contributed by atoms with Crippen molar-refractivity contribution in [1.29, 1.82) is 0 Å². The van der Waals surface area contributed by atoms with Gasteiger partial charge in [0.25, 0.3) is 0 Å². The summed E-state index contributed by atoms with van der Waals surface area (Å²) < 4.78 is 0. The second-order valence-electron chi connectivity index (χ2n) is 7.85. The van der Waals surface area contributed by atoms with Crippen LogP contribution in [0.25, 0.3) is 0 Å². The Morgan fingerprint density at radius 1 is 1.25 bits per heavy atom. The van der Waals surface area contributed by atoms with Crippen molar-refractivity contribution in [2.45, 2.75) is 69.7 Å². The largest absolute Gasteiger partial charge is 0.327 e. The molecule has 1 atom stereocenters. The minimum Gasteiger partial charge on any atom is -0.327 e. The molecule has 3 nitrogen and oxygen atoms in total. The molecule has 4 fully saturated rings. The van der Waals surface area contributed by atoms with Crippen molar-refractivity contribution in [1.82, 2.24) is 10.2 Å². The van der Waals surface area contributed by atoms with E-state index in [-0.39, 0.29) is 6.04 Å². The van der Waals surface area contributed by atoms with E-state index in [1.165, 1.54) is 49.9 Å². The zero-order chi connectivity index (χ0) is 13.7. The maximum Gasteiger partial charge on any atom is 0.0686 e. The second kappa shape index (κ2) is 4.59. The SMILES string of the molecule is CCC(N)Cc1cc(C23CC4CC(CC(C4)C2)C3)n[nH]1. The maximum atomic E-state index is 6.07.